The van der Waals surface area contributed by atoms with Crippen molar-refractivity contribution in [3.8, 4) is 0 Å². The van der Waals surface area contributed by atoms with Crippen LogP contribution in [0, 0.1) is 11.7 Å². The van der Waals surface area contributed by atoms with Crippen molar-refractivity contribution in [2.75, 3.05) is 31.6 Å². The van der Waals surface area contributed by atoms with E-state index in [2.05, 4.69) is 10.6 Å². The molecule has 0 heterocycles. The fourth-order valence-corrected chi connectivity index (χ4v) is 3.89. The maximum atomic E-state index is 13.1. The molecule has 0 fully saturated rings. The summed E-state index contributed by atoms with van der Waals surface area (Å²) in [4.78, 5) is 40.0. The number of aliphatic hydroxyl groups excluding tert-OH is 1. The molecule has 3 amide bonds. The van der Waals surface area contributed by atoms with Crippen LogP contribution in [-0.4, -0.2) is 60.0 Å². The molecule has 0 aliphatic carbocycles. The molecule has 5 N–H and O–H groups in total. The Balaban J connectivity index is 1.95. The van der Waals surface area contributed by atoms with Crippen LogP contribution in [0.3, 0.4) is 0 Å². The van der Waals surface area contributed by atoms with Gasteiger partial charge in [-0.25, -0.2) is 4.39 Å². The van der Waals surface area contributed by atoms with Crippen LogP contribution in [0.2, 0.25) is 0 Å². The molecule has 9 heteroatoms. The van der Waals surface area contributed by atoms with E-state index in [0.29, 0.717) is 29.9 Å². The molecule has 36 heavy (non-hydrogen) atoms. The first-order valence-corrected chi connectivity index (χ1v) is 12.4. The summed E-state index contributed by atoms with van der Waals surface area (Å²) in [6.07, 6.45) is 2.13. The van der Waals surface area contributed by atoms with Gasteiger partial charge in [-0.2, -0.15) is 0 Å². The van der Waals surface area contributed by atoms with Crippen LogP contribution >= 0.6 is 0 Å². The van der Waals surface area contributed by atoms with Crippen molar-refractivity contribution in [3.05, 3.63) is 65.5 Å². The lowest BCUT2D eigenvalue weighted by Crippen LogP contribution is -2.40. The number of amides is 3. The van der Waals surface area contributed by atoms with E-state index in [0.717, 1.165) is 12.8 Å². The second-order valence-corrected chi connectivity index (χ2v) is 8.78. The van der Waals surface area contributed by atoms with Gasteiger partial charge in [-0.3, -0.25) is 14.4 Å². The zero-order chi connectivity index (χ0) is 26.5. The van der Waals surface area contributed by atoms with E-state index < -0.39 is 17.8 Å². The molecule has 0 aliphatic heterocycles. The minimum Gasteiger partial charge on any atom is -0.396 e. The van der Waals surface area contributed by atoms with E-state index in [1.165, 1.54) is 24.3 Å². The summed E-state index contributed by atoms with van der Waals surface area (Å²) in [6.45, 7) is 5.25. The van der Waals surface area contributed by atoms with E-state index in [4.69, 9.17) is 5.73 Å². The monoisotopic (exact) mass is 500 g/mol. The zero-order valence-corrected chi connectivity index (χ0v) is 21.0. The van der Waals surface area contributed by atoms with E-state index >= 15 is 0 Å². The van der Waals surface area contributed by atoms with Gasteiger partial charge >= 0.3 is 0 Å². The third-order valence-electron chi connectivity index (χ3n) is 5.72. The number of carbonyl (C=O) groups is 3. The smallest absolute Gasteiger partial charge is 0.253 e. The highest BCUT2D eigenvalue weighted by Crippen LogP contribution is 2.16. The van der Waals surface area contributed by atoms with E-state index in [1.54, 1.807) is 29.2 Å². The molecule has 0 saturated heterocycles. The summed E-state index contributed by atoms with van der Waals surface area (Å²) in [5.74, 6) is -1.81. The molecule has 0 saturated carbocycles. The largest absolute Gasteiger partial charge is 0.396 e. The average Bonchev–Trinajstić information content (AvgIpc) is 2.87. The molecule has 2 aromatic carbocycles. The number of rotatable bonds is 14. The SMILES string of the molecule is CCCN(CCC)C(=O)c1cccc(C(=O)NCC(N)CC(CCO)C(=O)Nc2ccc(F)cc2)c1. The Morgan fingerprint density at radius 2 is 1.67 bits per heavy atom. The number of aliphatic hydroxyl groups is 1. The summed E-state index contributed by atoms with van der Waals surface area (Å²) < 4.78 is 13.1. The quantitative estimate of drug-likeness (QED) is 0.317. The highest BCUT2D eigenvalue weighted by Gasteiger charge is 2.22. The van der Waals surface area contributed by atoms with Crippen molar-refractivity contribution in [1.82, 2.24) is 10.2 Å². The predicted octanol–water partition coefficient (Wildman–Crippen LogP) is 3.17. The maximum Gasteiger partial charge on any atom is 0.253 e. The Kier molecular flexibility index (Phi) is 12.0. The molecule has 2 aromatic rings. The van der Waals surface area contributed by atoms with Gasteiger partial charge in [0.15, 0.2) is 0 Å². The van der Waals surface area contributed by atoms with Gasteiger partial charge in [0, 0.05) is 55.0 Å². The summed E-state index contributed by atoms with van der Waals surface area (Å²) in [5.41, 5.74) is 7.42. The van der Waals surface area contributed by atoms with Crippen molar-refractivity contribution >= 4 is 23.4 Å². The van der Waals surface area contributed by atoms with Crippen LogP contribution in [0.4, 0.5) is 10.1 Å². The number of nitrogens with two attached hydrogens (primary N) is 1. The molecule has 0 bridgehead atoms. The van der Waals surface area contributed by atoms with Crippen molar-refractivity contribution in [3.63, 3.8) is 0 Å². The predicted molar refractivity (Wildman–Crippen MR) is 138 cm³/mol. The second kappa shape index (κ2) is 15.0. The van der Waals surface area contributed by atoms with Crippen LogP contribution in [0.15, 0.2) is 48.5 Å². The van der Waals surface area contributed by atoms with Crippen LogP contribution < -0.4 is 16.4 Å². The van der Waals surface area contributed by atoms with Gasteiger partial charge < -0.3 is 26.4 Å². The second-order valence-electron chi connectivity index (χ2n) is 8.78. The number of carbonyl (C=O) groups excluding carboxylic acids is 3. The normalized spacial score (nSPS) is 12.5. The molecule has 0 aromatic heterocycles. The first-order valence-electron chi connectivity index (χ1n) is 12.4. The summed E-state index contributed by atoms with van der Waals surface area (Å²) in [7, 11) is 0. The topological polar surface area (TPSA) is 125 Å². The van der Waals surface area contributed by atoms with Gasteiger partial charge in [-0.15, -0.1) is 0 Å². The van der Waals surface area contributed by atoms with Gasteiger partial charge in [0.05, 0.1) is 0 Å². The minimum absolute atomic E-state index is 0.107. The molecule has 2 rings (SSSR count). The Labute approximate surface area is 212 Å². The average molecular weight is 501 g/mol. The molecule has 8 nitrogen and oxygen atoms in total. The highest BCUT2D eigenvalue weighted by atomic mass is 19.1. The first-order chi connectivity index (χ1) is 17.3. The molecule has 0 radical (unpaired) electrons. The number of anilines is 1. The fourth-order valence-electron chi connectivity index (χ4n) is 3.89. The molecular formula is C27H37FN4O4. The third kappa shape index (κ3) is 9.05. The third-order valence-corrected chi connectivity index (χ3v) is 5.72. The van der Waals surface area contributed by atoms with Crippen molar-refractivity contribution < 1.29 is 23.9 Å². The summed E-state index contributed by atoms with van der Waals surface area (Å²) >= 11 is 0. The molecule has 0 aliphatic rings. The van der Waals surface area contributed by atoms with E-state index in [-0.39, 0.29) is 43.7 Å². The number of nitrogens with zero attached hydrogens (tertiary/aromatic N) is 1. The molecule has 196 valence electrons. The first kappa shape index (κ1) is 28.9. The van der Waals surface area contributed by atoms with Crippen molar-refractivity contribution in [2.24, 2.45) is 11.7 Å². The van der Waals surface area contributed by atoms with Crippen LogP contribution in [0.5, 0.6) is 0 Å². The van der Waals surface area contributed by atoms with Gasteiger partial charge in [0.25, 0.3) is 11.8 Å². The van der Waals surface area contributed by atoms with Crippen molar-refractivity contribution in [1.29, 1.82) is 0 Å². The standard InChI is InChI=1S/C27H37FN4O4/c1-3-13-32(14-4-2)27(36)21-7-5-6-19(16-21)25(34)30-18-23(29)17-20(12-15-33)26(35)31-24-10-8-22(28)9-11-24/h5-11,16,20,23,33H,3-4,12-15,17-18,29H2,1-2H3,(H,30,34)(H,31,35). The van der Waals surface area contributed by atoms with E-state index in [1.807, 2.05) is 13.8 Å². The number of benzene rings is 2. The molecule has 2 atom stereocenters. The highest BCUT2D eigenvalue weighted by molar-refractivity contribution is 5.99. The Hall–Kier alpha value is -3.30. The van der Waals surface area contributed by atoms with Gasteiger partial charge in [-0.1, -0.05) is 19.9 Å². The molecule has 0 spiro atoms. The zero-order valence-electron chi connectivity index (χ0n) is 21.0. The van der Waals surface area contributed by atoms with Crippen LogP contribution in [0.25, 0.3) is 0 Å². The maximum absolute atomic E-state index is 13.1. The Morgan fingerprint density at radius 1 is 1.03 bits per heavy atom. The lowest BCUT2D eigenvalue weighted by Gasteiger charge is -2.22. The number of nitrogens with one attached hydrogen (secondary N) is 2. The van der Waals surface area contributed by atoms with Gasteiger partial charge in [0.1, 0.15) is 5.82 Å². The summed E-state index contributed by atoms with van der Waals surface area (Å²) in [6, 6.07) is 11.4. The lowest BCUT2D eigenvalue weighted by molar-refractivity contribution is -0.120. The fraction of sp³-hybridized carbons (Fsp3) is 0.444. The number of halogens is 1. The summed E-state index contributed by atoms with van der Waals surface area (Å²) in [5, 5.41) is 14.8. The molecule has 2 unspecified atom stereocenters. The van der Waals surface area contributed by atoms with Crippen LogP contribution in [-0.2, 0) is 4.79 Å². The van der Waals surface area contributed by atoms with Crippen LogP contribution in [0.1, 0.15) is 60.2 Å². The van der Waals surface area contributed by atoms with Gasteiger partial charge in [0.2, 0.25) is 5.91 Å². The number of hydrogen-bond acceptors (Lipinski definition) is 5. The Bertz CT molecular complexity index is 994. The number of hydrogen-bond donors (Lipinski definition) is 4. The van der Waals surface area contributed by atoms with Crippen molar-refractivity contribution in [2.45, 2.75) is 45.6 Å². The lowest BCUT2D eigenvalue weighted by atomic mass is 9.96. The minimum atomic E-state index is -0.587. The van der Waals surface area contributed by atoms with E-state index in [9.17, 15) is 23.9 Å². The Morgan fingerprint density at radius 3 is 2.28 bits per heavy atom. The molecular weight excluding hydrogens is 463 g/mol. The van der Waals surface area contributed by atoms with Gasteiger partial charge in [-0.05, 0) is 68.1 Å².